The van der Waals surface area contributed by atoms with Crippen LogP contribution in [0.25, 0.3) is 0 Å². The van der Waals surface area contributed by atoms with Crippen molar-refractivity contribution in [1.29, 1.82) is 0 Å². The highest BCUT2D eigenvalue weighted by atomic mass is 16.4. The van der Waals surface area contributed by atoms with Gasteiger partial charge in [-0.15, -0.1) is 0 Å². The Balaban J connectivity index is 3.52. The molecule has 0 saturated heterocycles. The number of hydrogen-bond donors (Lipinski definition) is 4. The van der Waals surface area contributed by atoms with Gasteiger partial charge in [0, 0.05) is 0 Å². The maximum absolute atomic E-state index is 10.7. The second-order valence-corrected chi connectivity index (χ2v) is 2.88. The van der Waals surface area contributed by atoms with Crippen LogP contribution in [-0.2, 0) is 6.61 Å². The van der Waals surface area contributed by atoms with Crippen LogP contribution in [0.4, 0.5) is 0 Å². The van der Waals surface area contributed by atoms with Crippen LogP contribution in [0.5, 0.6) is 11.5 Å². The van der Waals surface area contributed by atoms with Crippen LogP contribution in [0.15, 0.2) is 6.07 Å². The molecule has 0 heterocycles. The molecule has 5 nitrogen and oxygen atoms in total. The Morgan fingerprint density at radius 1 is 1.43 bits per heavy atom. The minimum absolute atomic E-state index is 0.173. The molecule has 0 radical (unpaired) electrons. The van der Waals surface area contributed by atoms with E-state index in [9.17, 15) is 15.0 Å². The third-order valence-electron chi connectivity index (χ3n) is 1.95. The first-order chi connectivity index (χ1) is 6.49. The summed E-state index contributed by atoms with van der Waals surface area (Å²) in [5.74, 6) is -2.19. The van der Waals surface area contributed by atoms with Crippen LogP contribution in [0, 0.1) is 6.92 Å². The van der Waals surface area contributed by atoms with Gasteiger partial charge in [-0.1, -0.05) is 0 Å². The molecule has 0 saturated carbocycles. The van der Waals surface area contributed by atoms with Crippen LogP contribution in [-0.4, -0.2) is 26.4 Å². The number of aliphatic hydroxyl groups excluding tert-OH is 1. The average molecular weight is 198 g/mol. The van der Waals surface area contributed by atoms with E-state index in [1.54, 1.807) is 0 Å². The summed E-state index contributed by atoms with van der Waals surface area (Å²) >= 11 is 0. The van der Waals surface area contributed by atoms with Crippen molar-refractivity contribution in [3.8, 4) is 11.5 Å². The highest BCUT2D eigenvalue weighted by Gasteiger charge is 2.19. The van der Waals surface area contributed by atoms with Gasteiger partial charge in [-0.2, -0.15) is 0 Å². The molecule has 0 atom stereocenters. The lowest BCUT2D eigenvalue weighted by Crippen LogP contribution is -2.02. The number of aryl methyl sites for hydroxylation is 1. The SMILES string of the molecule is Cc1cc(O)c(CO)c(O)c1C(=O)O. The van der Waals surface area contributed by atoms with Crippen molar-refractivity contribution in [2.45, 2.75) is 13.5 Å². The third-order valence-corrected chi connectivity index (χ3v) is 1.95. The van der Waals surface area contributed by atoms with Gasteiger partial charge >= 0.3 is 5.97 Å². The number of carbonyl (C=O) groups is 1. The van der Waals surface area contributed by atoms with Crippen LogP contribution < -0.4 is 0 Å². The van der Waals surface area contributed by atoms with Crippen LogP contribution in [0.1, 0.15) is 21.5 Å². The summed E-state index contributed by atoms with van der Waals surface area (Å²) < 4.78 is 0. The summed E-state index contributed by atoms with van der Waals surface area (Å²) in [6.45, 7) is 0.836. The van der Waals surface area contributed by atoms with Crippen molar-refractivity contribution in [1.82, 2.24) is 0 Å². The second-order valence-electron chi connectivity index (χ2n) is 2.88. The molecule has 0 aliphatic rings. The van der Waals surface area contributed by atoms with E-state index in [4.69, 9.17) is 10.2 Å². The van der Waals surface area contributed by atoms with E-state index in [0.29, 0.717) is 0 Å². The summed E-state index contributed by atoms with van der Waals surface area (Å²) in [4.78, 5) is 10.7. The normalized spacial score (nSPS) is 10.1. The summed E-state index contributed by atoms with van der Waals surface area (Å²) in [5.41, 5.74) is -0.232. The predicted octanol–water partition coefficient (Wildman–Crippen LogP) is 0.597. The maximum Gasteiger partial charge on any atom is 0.339 e. The van der Waals surface area contributed by atoms with Crippen molar-refractivity contribution in [3.63, 3.8) is 0 Å². The largest absolute Gasteiger partial charge is 0.507 e. The monoisotopic (exact) mass is 198 g/mol. The molecule has 76 valence electrons. The number of aromatic carboxylic acids is 1. The van der Waals surface area contributed by atoms with E-state index in [-0.39, 0.29) is 22.4 Å². The molecule has 0 spiro atoms. The van der Waals surface area contributed by atoms with Gasteiger partial charge in [0.25, 0.3) is 0 Å². The number of rotatable bonds is 2. The second kappa shape index (κ2) is 3.55. The molecule has 0 fully saturated rings. The van der Waals surface area contributed by atoms with E-state index in [2.05, 4.69) is 0 Å². The molecule has 0 aliphatic heterocycles. The average Bonchev–Trinajstić information content (AvgIpc) is 2.02. The zero-order valence-electron chi connectivity index (χ0n) is 7.48. The first-order valence-corrected chi connectivity index (χ1v) is 3.87. The minimum atomic E-state index is -1.30. The Morgan fingerprint density at radius 2 is 2.00 bits per heavy atom. The fourth-order valence-electron chi connectivity index (χ4n) is 1.25. The van der Waals surface area contributed by atoms with Crippen LogP contribution >= 0.6 is 0 Å². The highest BCUT2D eigenvalue weighted by molar-refractivity contribution is 5.93. The van der Waals surface area contributed by atoms with Crippen molar-refractivity contribution in [2.75, 3.05) is 0 Å². The molecule has 0 aromatic heterocycles. The molecule has 1 rings (SSSR count). The summed E-state index contributed by atoms with van der Waals surface area (Å²) in [6.07, 6.45) is 0. The Labute approximate surface area is 79.9 Å². The number of benzene rings is 1. The van der Waals surface area contributed by atoms with Crippen molar-refractivity contribution >= 4 is 5.97 Å². The van der Waals surface area contributed by atoms with Crippen molar-refractivity contribution in [3.05, 3.63) is 22.8 Å². The Hall–Kier alpha value is -1.75. The number of aromatic hydroxyl groups is 2. The van der Waals surface area contributed by atoms with Gasteiger partial charge in [0.1, 0.15) is 17.1 Å². The Kier molecular flexibility index (Phi) is 2.62. The fourth-order valence-corrected chi connectivity index (χ4v) is 1.25. The van der Waals surface area contributed by atoms with E-state index in [1.807, 2.05) is 0 Å². The molecule has 4 N–H and O–H groups in total. The van der Waals surface area contributed by atoms with Gasteiger partial charge < -0.3 is 20.4 Å². The van der Waals surface area contributed by atoms with E-state index in [1.165, 1.54) is 13.0 Å². The van der Waals surface area contributed by atoms with E-state index >= 15 is 0 Å². The lowest BCUT2D eigenvalue weighted by molar-refractivity contribution is 0.0692. The molecule has 0 bridgehead atoms. The highest BCUT2D eigenvalue weighted by Crippen LogP contribution is 2.33. The summed E-state index contributed by atoms with van der Waals surface area (Å²) in [7, 11) is 0. The number of carboxylic acids is 1. The van der Waals surface area contributed by atoms with Gasteiger partial charge in [0.15, 0.2) is 0 Å². The molecule has 1 aromatic rings. The van der Waals surface area contributed by atoms with Crippen molar-refractivity contribution < 1.29 is 25.2 Å². The third kappa shape index (κ3) is 1.49. The van der Waals surface area contributed by atoms with Gasteiger partial charge in [-0.3, -0.25) is 0 Å². The number of carboxylic acid groups (broad SMARTS) is 1. The van der Waals surface area contributed by atoms with E-state index < -0.39 is 18.3 Å². The van der Waals surface area contributed by atoms with Gasteiger partial charge in [0.2, 0.25) is 0 Å². The predicted molar refractivity (Wildman–Crippen MR) is 47.4 cm³/mol. The van der Waals surface area contributed by atoms with Crippen molar-refractivity contribution in [2.24, 2.45) is 0 Å². The quantitative estimate of drug-likeness (QED) is 0.557. The molecule has 0 aliphatic carbocycles. The lowest BCUT2D eigenvalue weighted by atomic mass is 10.0. The maximum atomic E-state index is 10.7. The zero-order chi connectivity index (χ0) is 10.9. The fraction of sp³-hybridized carbons (Fsp3) is 0.222. The first-order valence-electron chi connectivity index (χ1n) is 3.87. The molecular weight excluding hydrogens is 188 g/mol. The van der Waals surface area contributed by atoms with Crippen LogP contribution in [0.3, 0.4) is 0 Å². The minimum Gasteiger partial charge on any atom is -0.507 e. The molecule has 0 amide bonds. The topological polar surface area (TPSA) is 98.0 Å². The molecular formula is C9H10O5. The molecule has 14 heavy (non-hydrogen) atoms. The zero-order valence-corrected chi connectivity index (χ0v) is 7.48. The van der Waals surface area contributed by atoms with Gasteiger partial charge in [-0.05, 0) is 18.6 Å². The number of hydrogen-bond acceptors (Lipinski definition) is 4. The number of phenols is 2. The van der Waals surface area contributed by atoms with Crippen LogP contribution in [0.2, 0.25) is 0 Å². The molecule has 1 aromatic carbocycles. The summed E-state index contributed by atoms with van der Waals surface area (Å²) in [5, 5.41) is 36.2. The van der Waals surface area contributed by atoms with Gasteiger partial charge in [0.05, 0.1) is 12.2 Å². The standard InChI is InChI=1S/C9H10O5/c1-4-2-6(11)5(3-10)8(12)7(4)9(13)14/h2,10-12H,3H2,1H3,(H,13,14). The Morgan fingerprint density at radius 3 is 2.43 bits per heavy atom. The Bertz CT molecular complexity index is 383. The molecule has 5 heteroatoms. The summed E-state index contributed by atoms with van der Waals surface area (Å²) in [6, 6.07) is 1.19. The van der Waals surface area contributed by atoms with Gasteiger partial charge in [-0.25, -0.2) is 4.79 Å². The molecule has 0 unspecified atom stereocenters. The smallest absolute Gasteiger partial charge is 0.339 e. The number of aliphatic hydroxyl groups is 1. The first kappa shape index (κ1) is 10.3. The van der Waals surface area contributed by atoms with E-state index in [0.717, 1.165) is 0 Å². The lowest BCUT2D eigenvalue weighted by Gasteiger charge is -2.09.